The molecule has 124 valence electrons. The third kappa shape index (κ3) is 3.95. The molecule has 0 aliphatic rings. The van der Waals surface area contributed by atoms with Crippen molar-refractivity contribution in [3.8, 4) is 0 Å². The summed E-state index contributed by atoms with van der Waals surface area (Å²) >= 11 is 0. The Labute approximate surface area is 138 Å². The van der Waals surface area contributed by atoms with Crippen molar-refractivity contribution >= 4 is 23.2 Å². The smallest absolute Gasteiger partial charge is 0.269 e. The summed E-state index contributed by atoms with van der Waals surface area (Å²) in [6, 6.07) is 11.1. The lowest BCUT2D eigenvalue weighted by Gasteiger charge is -2.12. The molecule has 0 spiro atoms. The van der Waals surface area contributed by atoms with E-state index in [4.69, 9.17) is 0 Å². The van der Waals surface area contributed by atoms with Crippen molar-refractivity contribution in [2.24, 2.45) is 0 Å². The summed E-state index contributed by atoms with van der Waals surface area (Å²) in [7, 11) is 1.55. The number of amides is 2. The Morgan fingerprint density at radius 1 is 1.17 bits per heavy atom. The molecule has 0 radical (unpaired) electrons. The van der Waals surface area contributed by atoms with Crippen LogP contribution in [-0.2, 0) is 11.2 Å². The van der Waals surface area contributed by atoms with Crippen LogP contribution in [0.15, 0.2) is 42.5 Å². The maximum absolute atomic E-state index is 12.4. The Morgan fingerprint density at radius 2 is 1.88 bits per heavy atom. The average molecular weight is 327 g/mol. The van der Waals surface area contributed by atoms with Crippen molar-refractivity contribution < 1.29 is 14.5 Å². The number of likely N-dealkylation sites (N-methyl/N-ethyl adjacent to an activating group) is 1. The molecule has 0 aliphatic carbocycles. The van der Waals surface area contributed by atoms with E-state index in [2.05, 4.69) is 10.6 Å². The highest BCUT2D eigenvalue weighted by atomic mass is 16.6. The minimum Gasteiger partial charge on any atom is -0.359 e. The van der Waals surface area contributed by atoms with Crippen LogP contribution in [0.3, 0.4) is 0 Å². The summed E-state index contributed by atoms with van der Waals surface area (Å²) in [4.78, 5) is 34.3. The van der Waals surface area contributed by atoms with Crippen LogP contribution in [0.5, 0.6) is 0 Å². The number of para-hydroxylation sites is 1. The van der Waals surface area contributed by atoms with Crippen LogP contribution < -0.4 is 10.6 Å². The van der Waals surface area contributed by atoms with Gasteiger partial charge in [0.05, 0.1) is 11.3 Å². The van der Waals surface area contributed by atoms with Gasteiger partial charge in [-0.05, 0) is 30.2 Å². The molecular formula is C17H17N3O4. The second-order valence-corrected chi connectivity index (χ2v) is 5.22. The number of nitrogens with zero attached hydrogens (tertiary/aromatic N) is 1. The molecule has 2 aromatic rings. The van der Waals surface area contributed by atoms with Gasteiger partial charge in [-0.3, -0.25) is 19.7 Å². The van der Waals surface area contributed by atoms with Crippen LogP contribution in [-0.4, -0.2) is 23.8 Å². The van der Waals surface area contributed by atoms with Crippen LogP contribution >= 0.6 is 0 Å². The minimum absolute atomic E-state index is 0.0657. The highest BCUT2D eigenvalue weighted by Crippen LogP contribution is 2.20. The van der Waals surface area contributed by atoms with Gasteiger partial charge in [0.1, 0.15) is 0 Å². The molecule has 0 atom stereocenters. The van der Waals surface area contributed by atoms with E-state index in [1.807, 2.05) is 0 Å². The van der Waals surface area contributed by atoms with Crippen LogP contribution in [0.4, 0.5) is 11.4 Å². The fourth-order valence-electron chi connectivity index (χ4n) is 2.26. The predicted octanol–water partition coefficient (Wildman–Crippen LogP) is 2.44. The van der Waals surface area contributed by atoms with Gasteiger partial charge < -0.3 is 10.6 Å². The van der Waals surface area contributed by atoms with E-state index in [9.17, 15) is 19.7 Å². The summed E-state index contributed by atoms with van der Waals surface area (Å²) in [5, 5.41) is 16.1. The number of carbonyl (C=O) groups excluding carboxylic acids is 2. The number of rotatable bonds is 5. The molecule has 0 saturated carbocycles. The van der Waals surface area contributed by atoms with Gasteiger partial charge >= 0.3 is 0 Å². The lowest BCUT2D eigenvalue weighted by Crippen LogP contribution is -2.21. The summed E-state index contributed by atoms with van der Waals surface area (Å²) < 4.78 is 0. The Kier molecular flexibility index (Phi) is 5.26. The Hall–Kier alpha value is -3.22. The largest absolute Gasteiger partial charge is 0.359 e. The first kappa shape index (κ1) is 17.1. The first-order chi connectivity index (χ1) is 11.4. The first-order valence-corrected chi connectivity index (χ1v) is 7.27. The number of benzene rings is 2. The molecular weight excluding hydrogens is 310 g/mol. The third-order valence-electron chi connectivity index (χ3n) is 3.56. The highest BCUT2D eigenvalue weighted by Gasteiger charge is 2.15. The molecule has 7 heteroatoms. The van der Waals surface area contributed by atoms with Crippen molar-refractivity contribution in [3.05, 3.63) is 69.3 Å². The fourth-order valence-corrected chi connectivity index (χ4v) is 2.26. The number of nitrogens with one attached hydrogen (secondary N) is 2. The Balaban J connectivity index is 2.24. The lowest BCUT2D eigenvalue weighted by molar-refractivity contribution is -0.384. The van der Waals surface area contributed by atoms with Gasteiger partial charge in [-0.2, -0.15) is 0 Å². The second kappa shape index (κ2) is 7.36. The number of hydrogen-bond donors (Lipinski definition) is 2. The summed E-state index contributed by atoms with van der Waals surface area (Å²) in [6.07, 6.45) is 0.145. The molecule has 0 bridgehead atoms. The van der Waals surface area contributed by atoms with Gasteiger partial charge in [-0.25, -0.2) is 0 Å². The monoisotopic (exact) mass is 327 g/mol. The second-order valence-electron chi connectivity index (χ2n) is 5.22. The van der Waals surface area contributed by atoms with E-state index >= 15 is 0 Å². The molecule has 0 saturated heterocycles. The molecule has 0 fully saturated rings. The number of nitro benzene ring substituents is 1. The van der Waals surface area contributed by atoms with Gasteiger partial charge in [0.15, 0.2) is 0 Å². The molecule has 2 aromatic carbocycles. The molecule has 0 unspecified atom stereocenters. The normalized spacial score (nSPS) is 10.1. The molecule has 2 amide bonds. The molecule has 0 aromatic heterocycles. The first-order valence-electron chi connectivity index (χ1n) is 7.27. The summed E-state index contributed by atoms with van der Waals surface area (Å²) in [5.41, 5.74) is 2.00. The topological polar surface area (TPSA) is 101 Å². The summed E-state index contributed by atoms with van der Waals surface area (Å²) in [6.45, 7) is 1.64. The number of hydrogen-bond acceptors (Lipinski definition) is 4. The van der Waals surface area contributed by atoms with Crippen LogP contribution in [0.2, 0.25) is 0 Å². The van der Waals surface area contributed by atoms with E-state index in [1.165, 1.54) is 18.2 Å². The Bertz CT molecular complexity index is 802. The number of anilines is 1. The maximum Gasteiger partial charge on any atom is 0.269 e. The average Bonchev–Trinajstić information content (AvgIpc) is 2.56. The van der Waals surface area contributed by atoms with Gasteiger partial charge in [-0.1, -0.05) is 18.2 Å². The standard InChI is InChI=1S/C17H17N3O4/c1-11-9-13(20(23)24)7-8-14(11)17(22)19-15-6-4-3-5-12(15)10-16(21)18-2/h3-9H,10H2,1-2H3,(H,18,21)(H,19,22). The van der Waals surface area contributed by atoms with E-state index in [-0.39, 0.29) is 23.9 Å². The van der Waals surface area contributed by atoms with Crippen molar-refractivity contribution in [1.29, 1.82) is 0 Å². The van der Waals surface area contributed by atoms with Gasteiger partial charge in [0, 0.05) is 30.4 Å². The van der Waals surface area contributed by atoms with Crippen molar-refractivity contribution in [3.63, 3.8) is 0 Å². The molecule has 2 rings (SSSR count). The molecule has 2 N–H and O–H groups in total. The molecule has 0 aliphatic heterocycles. The van der Waals surface area contributed by atoms with E-state index in [0.717, 1.165) is 0 Å². The van der Waals surface area contributed by atoms with Gasteiger partial charge in [-0.15, -0.1) is 0 Å². The van der Waals surface area contributed by atoms with Gasteiger partial charge in [0.25, 0.3) is 11.6 Å². The van der Waals surface area contributed by atoms with E-state index < -0.39 is 4.92 Å². The fraction of sp³-hybridized carbons (Fsp3) is 0.176. The molecule has 7 nitrogen and oxygen atoms in total. The predicted molar refractivity (Wildman–Crippen MR) is 90.0 cm³/mol. The van der Waals surface area contributed by atoms with Crippen LogP contribution in [0, 0.1) is 17.0 Å². The summed E-state index contributed by atoms with van der Waals surface area (Å²) in [5.74, 6) is -0.546. The van der Waals surface area contributed by atoms with Crippen LogP contribution in [0.1, 0.15) is 21.5 Å². The zero-order valence-electron chi connectivity index (χ0n) is 13.3. The van der Waals surface area contributed by atoms with Crippen molar-refractivity contribution in [2.75, 3.05) is 12.4 Å². The number of non-ortho nitro benzene ring substituents is 1. The zero-order valence-corrected chi connectivity index (χ0v) is 13.3. The van der Waals surface area contributed by atoms with E-state index in [1.54, 1.807) is 38.2 Å². The van der Waals surface area contributed by atoms with E-state index in [0.29, 0.717) is 22.4 Å². The third-order valence-corrected chi connectivity index (χ3v) is 3.56. The quantitative estimate of drug-likeness (QED) is 0.650. The zero-order chi connectivity index (χ0) is 17.7. The van der Waals surface area contributed by atoms with Crippen LogP contribution in [0.25, 0.3) is 0 Å². The minimum atomic E-state index is -0.507. The molecule has 0 heterocycles. The Morgan fingerprint density at radius 3 is 2.50 bits per heavy atom. The SMILES string of the molecule is CNC(=O)Cc1ccccc1NC(=O)c1ccc([N+](=O)[O-])cc1C. The molecule has 24 heavy (non-hydrogen) atoms. The number of aryl methyl sites for hydroxylation is 1. The number of nitro groups is 1. The maximum atomic E-state index is 12.4. The highest BCUT2D eigenvalue weighted by molar-refractivity contribution is 6.06. The van der Waals surface area contributed by atoms with Crippen molar-refractivity contribution in [2.45, 2.75) is 13.3 Å². The number of carbonyl (C=O) groups is 2. The van der Waals surface area contributed by atoms with Gasteiger partial charge in [0.2, 0.25) is 5.91 Å². The van der Waals surface area contributed by atoms with Crippen molar-refractivity contribution in [1.82, 2.24) is 5.32 Å². The lowest BCUT2D eigenvalue weighted by atomic mass is 10.1.